The number of aliphatic imine (C=N–C) groups is 2. The Balaban J connectivity index is 1.61. The van der Waals surface area contributed by atoms with E-state index in [1.54, 1.807) is 12.4 Å². The van der Waals surface area contributed by atoms with Gasteiger partial charge in [0.05, 0.1) is 24.3 Å². The van der Waals surface area contributed by atoms with Crippen LogP contribution in [0.4, 0.5) is 10.1 Å². The molecule has 0 bridgehead atoms. The van der Waals surface area contributed by atoms with Gasteiger partial charge in [0.2, 0.25) is 10.0 Å². The van der Waals surface area contributed by atoms with Gasteiger partial charge in [-0.05, 0) is 36.4 Å². The molecular formula is C19H19FN4O3S. The second-order valence-corrected chi connectivity index (χ2v) is 8.90. The Bertz CT molecular complexity index is 1100. The molecule has 28 heavy (non-hydrogen) atoms. The van der Waals surface area contributed by atoms with E-state index in [0.29, 0.717) is 18.0 Å². The molecule has 0 aliphatic carbocycles. The van der Waals surface area contributed by atoms with E-state index in [4.69, 9.17) is 4.74 Å². The van der Waals surface area contributed by atoms with Gasteiger partial charge in [-0.1, -0.05) is 0 Å². The van der Waals surface area contributed by atoms with Crippen LogP contribution in [0.1, 0.15) is 11.1 Å². The van der Waals surface area contributed by atoms with Gasteiger partial charge in [0.25, 0.3) is 0 Å². The van der Waals surface area contributed by atoms with Crippen LogP contribution in [0.5, 0.6) is 11.5 Å². The van der Waals surface area contributed by atoms with Gasteiger partial charge in [0.1, 0.15) is 23.2 Å². The monoisotopic (exact) mass is 402 g/mol. The highest BCUT2D eigenvalue weighted by molar-refractivity contribution is 7.88. The molecule has 2 aromatic carbocycles. The Hall–Kier alpha value is -2.78. The smallest absolute Gasteiger partial charge is 0.217 e. The number of hydrogen-bond acceptors (Lipinski definition) is 6. The fourth-order valence-electron chi connectivity index (χ4n) is 3.00. The minimum atomic E-state index is -3.58. The number of ether oxygens (including phenoxy) is 1. The molecule has 2 aliphatic rings. The van der Waals surface area contributed by atoms with Gasteiger partial charge in [0.15, 0.2) is 0 Å². The number of nitrogens with zero attached hydrogens (tertiary/aromatic N) is 4. The molecular weight excluding hydrogens is 383 g/mol. The normalized spacial score (nSPS) is 15.4. The summed E-state index contributed by atoms with van der Waals surface area (Å²) < 4.78 is 45.2. The molecule has 0 fully saturated rings. The van der Waals surface area contributed by atoms with Crippen molar-refractivity contribution in [2.75, 3.05) is 27.2 Å². The molecule has 0 N–H and O–H groups in total. The van der Waals surface area contributed by atoms with E-state index in [9.17, 15) is 12.8 Å². The predicted molar refractivity (Wildman–Crippen MR) is 105 cm³/mol. The number of amidine groups is 1. The van der Waals surface area contributed by atoms with Crippen LogP contribution in [-0.4, -0.2) is 57.0 Å². The number of sulfonamides is 1. The summed E-state index contributed by atoms with van der Waals surface area (Å²) in [4.78, 5) is 10.9. The first-order valence-corrected chi connectivity index (χ1v) is 10.3. The molecule has 0 saturated carbocycles. The third-order valence-electron chi connectivity index (χ3n) is 4.57. The fraction of sp³-hybridized carbons (Fsp3) is 0.263. The van der Waals surface area contributed by atoms with Crippen molar-refractivity contribution in [1.82, 2.24) is 9.21 Å². The molecule has 4 rings (SSSR count). The van der Waals surface area contributed by atoms with Crippen molar-refractivity contribution in [3.05, 3.63) is 53.3 Å². The van der Waals surface area contributed by atoms with Crippen LogP contribution in [-0.2, 0) is 15.8 Å². The van der Waals surface area contributed by atoms with Gasteiger partial charge in [0, 0.05) is 31.8 Å². The summed E-state index contributed by atoms with van der Waals surface area (Å²) in [5.41, 5.74) is 1.73. The Kier molecular flexibility index (Phi) is 4.64. The highest BCUT2D eigenvalue weighted by atomic mass is 32.2. The minimum absolute atomic E-state index is 0.0557. The Morgan fingerprint density at radius 3 is 2.71 bits per heavy atom. The third kappa shape index (κ3) is 3.50. The van der Waals surface area contributed by atoms with Crippen molar-refractivity contribution in [3.8, 4) is 11.5 Å². The molecule has 0 unspecified atom stereocenters. The number of rotatable bonds is 5. The number of hydrogen-bond donors (Lipinski definition) is 0. The van der Waals surface area contributed by atoms with Crippen molar-refractivity contribution in [2.45, 2.75) is 5.75 Å². The van der Waals surface area contributed by atoms with Crippen LogP contribution in [0.25, 0.3) is 0 Å². The summed E-state index contributed by atoms with van der Waals surface area (Å²) >= 11 is 0. The standard InChI is InChI=1S/C19H19FN4O3S/c1-23(2)28(25,26)11-13-9-14(3-5-17(13)20)27-15-4-6-18-16(10-15)19-21-7-8-24(19)12-22-18/h3-6,9-10,12H,7-8,11H2,1-2H3. The average Bonchev–Trinajstić information content (AvgIpc) is 3.13. The molecule has 0 atom stereocenters. The molecule has 0 radical (unpaired) electrons. The lowest BCUT2D eigenvalue weighted by Gasteiger charge is -2.21. The maximum atomic E-state index is 14.1. The van der Waals surface area contributed by atoms with Gasteiger partial charge in [-0.2, -0.15) is 0 Å². The lowest BCUT2D eigenvalue weighted by Crippen LogP contribution is -2.29. The molecule has 2 aliphatic heterocycles. The maximum Gasteiger partial charge on any atom is 0.217 e. The van der Waals surface area contributed by atoms with Crippen molar-refractivity contribution in [3.63, 3.8) is 0 Å². The second-order valence-electron chi connectivity index (χ2n) is 6.72. The average molecular weight is 402 g/mol. The molecule has 0 saturated heterocycles. The van der Waals surface area contributed by atoms with E-state index in [1.165, 1.54) is 32.3 Å². The quantitative estimate of drug-likeness (QED) is 0.771. The summed E-state index contributed by atoms with van der Waals surface area (Å²) in [7, 11) is -0.755. The zero-order valence-corrected chi connectivity index (χ0v) is 16.3. The first-order chi connectivity index (χ1) is 13.3. The Labute approximate surface area is 162 Å². The highest BCUT2D eigenvalue weighted by Crippen LogP contribution is 2.32. The van der Waals surface area contributed by atoms with E-state index in [0.717, 1.165) is 27.9 Å². The van der Waals surface area contributed by atoms with Crippen LogP contribution in [0.15, 0.2) is 46.4 Å². The van der Waals surface area contributed by atoms with Gasteiger partial charge in [-0.3, -0.25) is 4.99 Å². The number of benzene rings is 2. The van der Waals surface area contributed by atoms with Crippen LogP contribution in [0.3, 0.4) is 0 Å². The molecule has 7 nitrogen and oxygen atoms in total. The predicted octanol–water partition coefficient (Wildman–Crippen LogP) is 2.75. The summed E-state index contributed by atoms with van der Waals surface area (Å²) in [6, 6.07) is 9.52. The van der Waals surface area contributed by atoms with Gasteiger partial charge in [-0.25, -0.2) is 22.1 Å². The van der Waals surface area contributed by atoms with Crippen LogP contribution in [0.2, 0.25) is 0 Å². The van der Waals surface area contributed by atoms with Gasteiger partial charge >= 0.3 is 0 Å². The van der Waals surface area contributed by atoms with Crippen molar-refractivity contribution in [2.24, 2.45) is 9.98 Å². The van der Waals surface area contributed by atoms with E-state index in [-0.39, 0.29) is 5.56 Å². The van der Waals surface area contributed by atoms with Gasteiger partial charge < -0.3 is 9.64 Å². The highest BCUT2D eigenvalue weighted by Gasteiger charge is 2.24. The van der Waals surface area contributed by atoms with Crippen LogP contribution in [0, 0.1) is 5.82 Å². The summed E-state index contributed by atoms with van der Waals surface area (Å²) in [6.45, 7) is 1.51. The van der Waals surface area contributed by atoms with Gasteiger partial charge in [-0.15, -0.1) is 0 Å². The van der Waals surface area contributed by atoms with E-state index < -0.39 is 21.6 Å². The minimum Gasteiger partial charge on any atom is -0.457 e. The first-order valence-electron chi connectivity index (χ1n) is 8.70. The topological polar surface area (TPSA) is 74.6 Å². The van der Waals surface area contributed by atoms with Crippen molar-refractivity contribution < 1.29 is 17.5 Å². The first kappa shape index (κ1) is 18.6. The molecule has 0 amide bonds. The number of fused-ring (bicyclic) bond motifs is 3. The van der Waals surface area contributed by atoms with E-state index in [1.807, 2.05) is 17.0 Å². The lowest BCUT2D eigenvalue weighted by atomic mass is 10.1. The van der Waals surface area contributed by atoms with Crippen molar-refractivity contribution >= 4 is 27.9 Å². The molecule has 0 spiro atoms. The Morgan fingerprint density at radius 2 is 1.93 bits per heavy atom. The molecule has 0 aromatic heterocycles. The van der Waals surface area contributed by atoms with E-state index >= 15 is 0 Å². The molecule has 146 valence electrons. The Morgan fingerprint density at radius 1 is 1.18 bits per heavy atom. The zero-order chi connectivity index (χ0) is 19.9. The van der Waals surface area contributed by atoms with Crippen LogP contribution < -0.4 is 4.74 Å². The SMILES string of the molecule is CN(C)S(=O)(=O)Cc1cc(Oc2ccc3c(c2)C2=NCCN2C=N3)ccc1F. The third-order valence-corrected chi connectivity index (χ3v) is 6.36. The summed E-state index contributed by atoms with van der Waals surface area (Å²) in [5.74, 6) is 0.724. The maximum absolute atomic E-state index is 14.1. The fourth-order valence-corrected chi connectivity index (χ4v) is 3.87. The molecule has 2 heterocycles. The van der Waals surface area contributed by atoms with E-state index in [2.05, 4.69) is 9.98 Å². The van der Waals surface area contributed by atoms with Crippen molar-refractivity contribution in [1.29, 1.82) is 0 Å². The summed E-state index contributed by atoms with van der Waals surface area (Å²) in [5, 5.41) is 0. The van der Waals surface area contributed by atoms with Crippen LogP contribution >= 0.6 is 0 Å². The second kappa shape index (κ2) is 6.99. The molecule has 9 heteroatoms. The molecule has 2 aromatic rings. The largest absolute Gasteiger partial charge is 0.457 e. The number of halogens is 1. The zero-order valence-electron chi connectivity index (χ0n) is 15.5. The summed E-state index contributed by atoms with van der Waals surface area (Å²) in [6.07, 6.45) is 1.77. The lowest BCUT2D eigenvalue weighted by molar-refractivity contribution is 0.478.